The molecule has 1 saturated heterocycles. The number of nitrogens with zero attached hydrogens (tertiary/aromatic N) is 2. The molecule has 1 atom stereocenters. The summed E-state index contributed by atoms with van der Waals surface area (Å²) in [5.41, 5.74) is 0.452. The van der Waals surface area contributed by atoms with Crippen LogP contribution in [-0.2, 0) is 9.53 Å². The lowest BCUT2D eigenvalue weighted by Gasteiger charge is -2.32. The van der Waals surface area contributed by atoms with Gasteiger partial charge in [0.15, 0.2) is 6.61 Å². The monoisotopic (exact) mass is 377 g/mol. The van der Waals surface area contributed by atoms with Gasteiger partial charge in [-0.3, -0.25) is 14.9 Å². The maximum Gasteiger partial charge on any atom is 0.338 e. The standard InChI is InChI=1S/C19H27N3O5/c1-13(2)10-20-18(23)12-27-19(24)15-6-7-16(17(9-15)22(25)26)21-8-4-5-14(3)11-21/h6-7,9,13-14H,4-5,8,10-12H2,1-3H3,(H,20,23)/t14-/m1/s1. The van der Waals surface area contributed by atoms with Gasteiger partial charge in [-0.15, -0.1) is 0 Å². The molecular formula is C19H27N3O5. The summed E-state index contributed by atoms with van der Waals surface area (Å²) >= 11 is 0. The van der Waals surface area contributed by atoms with Crippen LogP contribution >= 0.6 is 0 Å². The van der Waals surface area contributed by atoms with Crippen molar-refractivity contribution in [2.45, 2.75) is 33.6 Å². The molecule has 0 spiro atoms. The van der Waals surface area contributed by atoms with Gasteiger partial charge in [-0.25, -0.2) is 4.79 Å². The van der Waals surface area contributed by atoms with Crippen LogP contribution in [0.4, 0.5) is 11.4 Å². The van der Waals surface area contributed by atoms with Crippen LogP contribution in [0.1, 0.15) is 44.0 Å². The number of esters is 1. The molecule has 8 heteroatoms. The molecule has 0 radical (unpaired) electrons. The second-order valence-corrected chi connectivity index (χ2v) is 7.43. The van der Waals surface area contributed by atoms with Crippen LogP contribution in [0.3, 0.4) is 0 Å². The highest BCUT2D eigenvalue weighted by atomic mass is 16.6. The van der Waals surface area contributed by atoms with E-state index in [2.05, 4.69) is 12.2 Å². The third-order valence-corrected chi connectivity index (χ3v) is 4.45. The van der Waals surface area contributed by atoms with Gasteiger partial charge >= 0.3 is 5.97 Å². The molecule has 1 amide bonds. The Bertz CT molecular complexity index is 705. The van der Waals surface area contributed by atoms with Gasteiger partial charge in [0.2, 0.25) is 0 Å². The number of nitro benzene ring substituents is 1. The zero-order valence-electron chi connectivity index (χ0n) is 16.1. The maximum atomic E-state index is 12.2. The van der Waals surface area contributed by atoms with E-state index in [1.165, 1.54) is 12.1 Å². The number of amides is 1. The summed E-state index contributed by atoms with van der Waals surface area (Å²) in [4.78, 5) is 36.8. The molecule has 1 aromatic rings. The second kappa shape index (κ2) is 9.34. The molecule has 1 aliphatic rings. The SMILES string of the molecule is CC(C)CNC(=O)COC(=O)c1ccc(N2CCC[C@@H](C)C2)c([N+](=O)[O-])c1. The summed E-state index contributed by atoms with van der Waals surface area (Å²) in [6.45, 7) is 7.61. The van der Waals surface area contributed by atoms with E-state index in [9.17, 15) is 19.7 Å². The lowest BCUT2D eigenvalue weighted by Crippen LogP contribution is -2.34. The minimum Gasteiger partial charge on any atom is -0.452 e. The molecule has 1 aromatic carbocycles. The van der Waals surface area contributed by atoms with Crippen molar-refractivity contribution in [2.75, 3.05) is 31.1 Å². The van der Waals surface area contributed by atoms with E-state index < -0.39 is 23.4 Å². The van der Waals surface area contributed by atoms with Gasteiger partial charge in [0.25, 0.3) is 11.6 Å². The number of nitrogens with one attached hydrogen (secondary N) is 1. The van der Waals surface area contributed by atoms with Crippen molar-refractivity contribution >= 4 is 23.3 Å². The largest absolute Gasteiger partial charge is 0.452 e. The number of piperidine rings is 1. The Kier molecular flexibility index (Phi) is 7.15. The molecule has 27 heavy (non-hydrogen) atoms. The molecule has 1 heterocycles. The number of benzene rings is 1. The number of hydrogen-bond acceptors (Lipinski definition) is 6. The molecule has 0 bridgehead atoms. The lowest BCUT2D eigenvalue weighted by atomic mass is 9.99. The number of nitro groups is 1. The fourth-order valence-electron chi connectivity index (χ4n) is 3.06. The van der Waals surface area contributed by atoms with Crippen LogP contribution in [0.2, 0.25) is 0 Å². The van der Waals surface area contributed by atoms with Gasteiger partial charge in [-0.2, -0.15) is 0 Å². The molecule has 0 aliphatic carbocycles. The average molecular weight is 377 g/mol. The third-order valence-electron chi connectivity index (χ3n) is 4.45. The van der Waals surface area contributed by atoms with Crippen molar-refractivity contribution in [3.05, 3.63) is 33.9 Å². The van der Waals surface area contributed by atoms with E-state index in [1.807, 2.05) is 18.7 Å². The predicted octanol–water partition coefficient (Wildman–Crippen LogP) is 2.76. The molecule has 1 N–H and O–H groups in total. The first-order chi connectivity index (χ1) is 12.8. The zero-order chi connectivity index (χ0) is 20.0. The number of rotatable bonds is 7. The van der Waals surface area contributed by atoms with E-state index >= 15 is 0 Å². The predicted molar refractivity (Wildman–Crippen MR) is 102 cm³/mol. The second-order valence-electron chi connectivity index (χ2n) is 7.43. The van der Waals surface area contributed by atoms with Crippen LogP contribution in [0.15, 0.2) is 18.2 Å². The summed E-state index contributed by atoms with van der Waals surface area (Å²) < 4.78 is 4.97. The van der Waals surface area contributed by atoms with Gasteiger partial charge in [0, 0.05) is 25.7 Å². The molecule has 0 aromatic heterocycles. The first-order valence-electron chi connectivity index (χ1n) is 9.25. The highest BCUT2D eigenvalue weighted by Crippen LogP contribution is 2.32. The Morgan fingerprint density at radius 1 is 1.41 bits per heavy atom. The number of ether oxygens (including phenoxy) is 1. The maximum absolute atomic E-state index is 12.2. The fourth-order valence-corrected chi connectivity index (χ4v) is 3.06. The highest BCUT2D eigenvalue weighted by Gasteiger charge is 2.25. The van der Waals surface area contributed by atoms with Gasteiger partial charge in [-0.05, 0) is 36.8 Å². The van der Waals surface area contributed by atoms with Crippen LogP contribution in [0.5, 0.6) is 0 Å². The third kappa shape index (κ3) is 5.94. The van der Waals surface area contributed by atoms with Crippen LogP contribution in [-0.4, -0.2) is 43.0 Å². The first kappa shape index (κ1) is 20.7. The van der Waals surface area contributed by atoms with E-state index in [1.54, 1.807) is 6.07 Å². The lowest BCUT2D eigenvalue weighted by molar-refractivity contribution is -0.384. The van der Waals surface area contributed by atoms with Crippen LogP contribution < -0.4 is 10.2 Å². The molecule has 1 fully saturated rings. The summed E-state index contributed by atoms with van der Waals surface area (Å²) in [7, 11) is 0. The van der Waals surface area contributed by atoms with E-state index in [-0.39, 0.29) is 17.2 Å². The molecule has 0 saturated carbocycles. The topological polar surface area (TPSA) is 102 Å². The number of carbonyl (C=O) groups is 2. The van der Waals surface area contributed by atoms with Crippen molar-refractivity contribution in [1.82, 2.24) is 5.32 Å². The number of hydrogen-bond donors (Lipinski definition) is 1. The van der Waals surface area contributed by atoms with E-state index in [0.29, 0.717) is 18.2 Å². The highest BCUT2D eigenvalue weighted by molar-refractivity contribution is 5.93. The molecular weight excluding hydrogens is 350 g/mol. The van der Waals surface area contributed by atoms with Gasteiger partial charge in [0.1, 0.15) is 5.69 Å². The van der Waals surface area contributed by atoms with Crippen molar-refractivity contribution < 1.29 is 19.2 Å². The Balaban J connectivity index is 2.07. The Hall–Kier alpha value is -2.64. The molecule has 8 nitrogen and oxygen atoms in total. The minimum atomic E-state index is -0.753. The van der Waals surface area contributed by atoms with E-state index in [0.717, 1.165) is 25.9 Å². The fraction of sp³-hybridized carbons (Fsp3) is 0.579. The van der Waals surface area contributed by atoms with Crippen molar-refractivity contribution in [3.63, 3.8) is 0 Å². The first-order valence-corrected chi connectivity index (χ1v) is 9.25. The van der Waals surface area contributed by atoms with Crippen molar-refractivity contribution in [3.8, 4) is 0 Å². The normalized spacial score (nSPS) is 16.9. The summed E-state index contributed by atoms with van der Waals surface area (Å²) in [5.74, 6) is -0.397. The number of anilines is 1. The smallest absolute Gasteiger partial charge is 0.338 e. The summed E-state index contributed by atoms with van der Waals surface area (Å²) in [5, 5.41) is 14.1. The van der Waals surface area contributed by atoms with Gasteiger partial charge in [0.05, 0.1) is 10.5 Å². The average Bonchev–Trinajstić information content (AvgIpc) is 2.63. The number of carbonyl (C=O) groups excluding carboxylic acids is 2. The summed E-state index contributed by atoms with van der Waals surface area (Å²) in [6, 6.07) is 4.32. The minimum absolute atomic E-state index is 0.0622. The van der Waals surface area contributed by atoms with Crippen LogP contribution in [0.25, 0.3) is 0 Å². The Morgan fingerprint density at radius 2 is 2.15 bits per heavy atom. The Labute approximate surface area is 159 Å². The Morgan fingerprint density at radius 3 is 2.78 bits per heavy atom. The van der Waals surface area contributed by atoms with Gasteiger partial charge < -0.3 is 15.0 Å². The van der Waals surface area contributed by atoms with Crippen molar-refractivity contribution in [2.24, 2.45) is 11.8 Å². The molecule has 0 unspecified atom stereocenters. The molecule has 1 aliphatic heterocycles. The molecule has 2 rings (SSSR count). The zero-order valence-corrected chi connectivity index (χ0v) is 16.1. The quantitative estimate of drug-likeness (QED) is 0.445. The van der Waals surface area contributed by atoms with Gasteiger partial charge in [-0.1, -0.05) is 20.8 Å². The summed E-state index contributed by atoms with van der Waals surface area (Å²) in [6.07, 6.45) is 2.08. The van der Waals surface area contributed by atoms with Crippen LogP contribution in [0, 0.1) is 22.0 Å². The van der Waals surface area contributed by atoms with Crippen molar-refractivity contribution in [1.29, 1.82) is 0 Å². The van der Waals surface area contributed by atoms with E-state index in [4.69, 9.17) is 4.74 Å². The molecule has 148 valence electrons.